The standard InChI is InChI=1S/C26H24F2N2O4/c1-3-34-26(31)25(20(16-30(32)33)23-21(27)14-17(2)15-22(23)28)29-24(18-10-6-4-7-11-18)19-12-8-5-9-13-19/h4-15,20,25H,3,16H2,1-2H3. The van der Waals surface area contributed by atoms with Gasteiger partial charge in [0.1, 0.15) is 11.6 Å². The molecule has 3 aromatic carbocycles. The lowest BCUT2D eigenvalue weighted by Crippen LogP contribution is -2.35. The summed E-state index contributed by atoms with van der Waals surface area (Å²) in [6, 6.07) is 18.4. The normalized spacial score (nSPS) is 12.5. The molecule has 0 aliphatic heterocycles. The molecule has 8 heteroatoms. The smallest absolute Gasteiger partial charge is 0.331 e. The van der Waals surface area contributed by atoms with Crippen molar-refractivity contribution in [2.45, 2.75) is 25.8 Å². The van der Waals surface area contributed by atoms with Crippen molar-refractivity contribution in [1.29, 1.82) is 0 Å². The molecule has 0 aliphatic rings. The van der Waals surface area contributed by atoms with Crippen molar-refractivity contribution in [1.82, 2.24) is 0 Å². The van der Waals surface area contributed by atoms with Gasteiger partial charge in [0, 0.05) is 21.6 Å². The molecule has 3 rings (SSSR count). The van der Waals surface area contributed by atoms with Gasteiger partial charge in [-0.2, -0.15) is 0 Å². The van der Waals surface area contributed by atoms with Crippen molar-refractivity contribution in [3.63, 3.8) is 0 Å². The topological polar surface area (TPSA) is 81.8 Å². The zero-order valence-corrected chi connectivity index (χ0v) is 18.8. The second-order valence-corrected chi connectivity index (χ2v) is 7.67. The predicted octanol–water partition coefficient (Wildman–Crippen LogP) is 5.10. The Bertz CT molecular complexity index is 1120. The van der Waals surface area contributed by atoms with Gasteiger partial charge in [-0.1, -0.05) is 60.7 Å². The molecule has 2 unspecified atom stereocenters. The summed E-state index contributed by atoms with van der Waals surface area (Å²) in [5, 5.41) is 11.5. The van der Waals surface area contributed by atoms with Gasteiger partial charge in [-0.15, -0.1) is 0 Å². The highest BCUT2D eigenvalue weighted by atomic mass is 19.1. The number of esters is 1. The number of ether oxygens (including phenoxy) is 1. The van der Waals surface area contributed by atoms with Crippen LogP contribution in [0.2, 0.25) is 0 Å². The number of carbonyl (C=O) groups excluding carboxylic acids is 1. The molecule has 0 bridgehead atoms. The zero-order valence-electron chi connectivity index (χ0n) is 18.8. The Labute approximate surface area is 196 Å². The molecule has 3 aromatic rings. The van der Waals surface area contributed by atoms with E-state index in [1.165, 1.54) is 6.92 Å². The number of aliphatic imine (C=N–C) groups is 1. The highest BCUT2D eigenvalue weighted by Crippen LogP contribution is 2.30. The van der Waals surface area contributed by atoms with Crippen molar-refractivity contribution < 1.29 is 23.2 Å². The van der Waals surface area contributed by atoms with Crippen LogP contribution in [-0.2, 0) is 9.53 Å². The minimum Gasteiger partial charge on any atom is -0.464 e. The largest absolute Gasteiger partial charge is 0.464 e. The lowest BCUT2D eigenvalue weighted by Gasteiger charge is -2.23. The Hall–Kier alpha value is -3.94. The molecule has 0 aliphatic carbocycles. The van der Waals surface area contributed by atoms with Gasteiger partial charge in [0.15, 0.2) is 6.04 Å². The van der Waals surface area contributed by atoms with Crippen LogP contribution < -0.4 is 0 Å². The van der Waals surface area contributed by atoms with Gasteiger partial charge >= 0.3 is 5.97 Å². The van der Waals surface area contributed by atoms with Crippen LogP contribution in [0, 0.1) is 28.7 Å². The summed E-state index contributed by atoms with van der Waals surface area (Å²) in [5.74, 6) is -4.39. The number of nitrogens with zero attached hydrogens (tertiary/aromatic N) is 2. The number of hydrogen-bond donors (Lipinski definition) is 0. The number of rotatable bonds is 9. The monoisotopic (exact) mass is 466 g/mol. The Morgan fingerprint density at radius 2 is 1.50 bits per heavy atom. The maximum absolute atomic E-state index is 14.9. The van der Waals surface area contributed by atoms with Gasteiger partial charge in [0.25, 0.3) is 0 Å². The van der Waals surface area contributed by atoms with Gasteiger partial charge < -0.3 is 4.74 Å². The Morgan fingerprint density at radius 1 is 1.00 bits per heavy atom. The summed E-state index contributed by atoms with van der Waals surface area (Å²) in [7, 11) is 0. The summed E-state index contributed by atoms with van der Waals surface area (Å²) in [5.41, 5.74) is 1.36. The molecule has 176 valence electrons. The highest BCUT2D eigenvalue weighted by molar-refractivity contribution is 6.13. The summed E-state index contributed by atoms with van der Waals surface area (Å²) >= 11 is 0. The first-order valence-corrected chi connectivity index (χ1v) is 10.7. The SMILES string of the molecule is CCOC(=O)C(N=C(c1ccccc1)c1ccccc1)C(C[N+](=O)[O-])c1c(F)cc(C)cc1F. The number of halogens is 2. The minimum atomic E-state index is -1.56. The molecule has 0 amide bonds. The Morgan fingerprint density at radius 3 is 1.94 bits per heavy atom. The maximum Gasteiger partial charge on any atom is 0.331 e. The summed E-state index contributed by atoms with van der Waals surface area (Å²) in [4.78, 5) is 28.4. The number of benzene rings is 3. The number of aryl methyl sites for hydroxylation is 1. The van der Waals surface area contributed by atoms with Crippen LogP contribution in [0.1, 0.15) is 35.1 Å². The third-order valence-corrected chi connectivity index (χ3v) is 5.21. The fourth-order valence-electron chi connectivity index (χ4n) is 3.76. The van der Waals surface area contributed by atoms with Crippen molar-refractivity contribution in [3.8, 4) is 0 Å². The molecule has 0 aromatic heterocycles. The molecule has 6 nitrogen and oxygen atoms in total. The molecule has 0 radical (unpaired) electrons. The van der Waals surface area contributed by atoms with Crippen molar-refractivity contribution in [2.75, 3.05) is 13.2 Å². The van der Waals surface area contributed by atoms with Crippen LogP contribution in [0.15, 0.2) is 77.8 Å². The third kappa shape index (κ3) is 5.89. The molecule has 0 N–H and O–H groups in total. The molecule has 0 fully saturated rings. The van der Waals surface area contributed by atoms with Crippen LogP contribution in [-0.4, -0.2) is 35.8 Å². The molecule has 2 atom stereocenters. The average Bonchev–Trinajstić information content (AvgIpc) is 2.79. The Balaban J connectivity index is 2.27. The zero-order chi connectivity index (χ0) is 24.7. The molecular formula is C26H24F2N2O4. The molecular weight excluding hydrogens is 442 g/mol. The van der Waals surface area contributed by atoms with E-state index < -0.39 is 46.6 Å². The van der Waals surface area contributed by atoms with Gasteiger partial charge in [-0.05, 0) is 31.5 Å². The minimum absolute atomic E-state index is 0.0269. The van der Waals surface area contributed by atoms with Crippen LogP contribution in [0.25, 0.3) is 0 Å². The van der Waals surface area contributed by atoms with Gasteiger partial charge in [-0.3, -0.25) is 15.1 Å². The van der Waals surface area contributed by atoms with E-state index in [2.05, 4.69) is 4.99 Å². The van der Waals surface area contributed by atoms with Gasteiger partial charge in [0.2, 0.25) is 6.54 Å². The predicted molar refractivity (Wildman–Crippen MR) is 125 cm³/mol. The highest BCUT2D eigenvalue weighted by Gasteiger charge is 2.38. The lowest BCUT2D eigenvalue weighted by atomic mass is 9.89. The van der Waals surface area contributed by atoms with E-state index >= 15 is 0 Å². The van der Waals surface area contributed by atoms with E-state index in [0.717, 1.165) is 12.1 Å². The van der Waals surface area contributed by atoms with Crippen LogP contribution in [0.4, 0.5) is 8.78 Å². The second-order valence-electron chi connectivity index (χ2n) is 7.67. The quantitative estimate of drug-likeness (QED) is 0.190. The Kier molecular flexibility index (Phi) is 8.19. The van der Waals surface area contributed by atoms with Crippen LogP contribution >= 0.6 is 0 Å². The fourth-order valence-corrected chi connectivity index (χ4v) is 3.76. The number of carbonyl (C=O) groups is 1. The molecule has 0 saturated heterocycles. The summed E-state index contributed by atoms with van der Waals surface area (Å²) in [6.45, 7) is 2.13. The van der Waals surface area contributed by atoms with Gasteiger partial charge in [-0.25, -0.2) is 13.6 Å². The van der Waals surface area contributed by atoms with E-state index in [1.807, 2.05) is 12.1 Å². The van der Waals surface area contributed by atoms with E-state index in [4.69, 9.17) is 4.74 Å². The van der Waals surface area contributed by atoms with Crippen molar-refractivity contribution in [3.05, 3.63) is 117 Å². The van der Waals surface area contributed by atoms with Crippen molar-refractivity contribution in [2.24, 2.45) is 4.99 Å². The van der Waals surface area contributed by atoms with Crippen LogP contribution in [0.5, 0.6) is 0 Å². The number of hydrogen-bond acceptors (Lipinski definition) is 5. The number of nitro groups is 1. The van der Waals surface area contributed by atoms with E-state index in [-0.39, 0.29) is 6.61 Å². The van der Waals surface area contributed by atoms with Crippen LogP contribution in [0.3, 0.4) is 0 Å². The molecule has 34 heavy (non-hydrogen) atoms. The first-order chi connectivity index (χ1) is 16.3. The molecule has 0 heterocycles. The average molecular weight is 466 g/mol. The molecule has 0 spiro atoms. The van der Waals surface area contributed by atoms with E-state index in [0.29, 0.717) is 22.4 Å². The fraction of sp³-hybridized carbons (Fsp3) is 0.231. The first-order valence-electron chi connectivity index (χ1n) is 10.7. The summed E-state index contributed by atoms with van der Waals surface area (Å²) in [6.07, 6.45) is 0. The van der Waals surface area contributed by atoms with Crippen molar-refractivity contribution >= 4 is 11.7 Å². The van der Waals surface area contributed by atoms with E-state index in [1.54, 1.807) is 55.5 Å². The second kappa shape index (κ2) is 11.3. The van der Waals surface area contributed by atoms with Gasteiger partial charge in [0.05, 0.1) is 18.2 Å². The maximum atomic E-state index is 14.9. The first kappa shape index (κ1) is 24.7. The third-order valence-electron chi connectivity index (χ3n) is 5.21. The molecule has 0 saturated carbocycles. The lowest BCUT2D eigenvalue weighted by molar-refractivity contribution is -0.483. The van der Waals surface area contributed by atoms with E-state index in [9.17, 15) is 23.7 Å². The summed E-state index contributed by atoms with van der Waals surface area (Å²) < 4.78 is 35.0.